The standard InChI is InChI=1S/C30H26F6O4/c1-3-23(37)21-12-10-18(25(32)28(21)35)15-4-7-17(8-5-15)40-30(38)22-13-11-20(27(34)29(22)36)19-9-6-16(14-39-2)24(31)26(19)33/h4,6,9-13,17,23,37H,3,5,7-8,14H2,1-2H3. The third-order valence-electron chi connectivity index (χ3n) is 6.89. The molecule has 0 saturated heterocycles. The normalized spacial score (nSPS) is 16.0. The number of methoxy groups -OCH3 is 1. The van der Waals surface area contributed by atoms with Gasteiger partial charge in [-0.15, -0.1) is 0 Å². The van der Waals surface area contributed by atoms with Crippen LogP contribution in [0.25, 0.3) is 16.7 Å². The van der Waals surface area contributed by atoms with Crippen LogP contribution >= 0.6 is 0 Å². The lowest BCUT2D eigenvalue weighted by Crippen LogP contribution is -2.21. The Hall–Kier alpha value is -3.63. The quantitative estimate of drug-likeness (QED) is 0.227. The van der Waals surface area contributed by atoms with Gasteiger partial charge in [-0.2, -0.15) is 0 Å². The van der Waals surface area contributed by atoms with Crippen LogP contribution < -0.4 is 0 Å². The van der Waals surface area contributed by atoms with E-state index in [1.165, 1.54) is 25.3 Å². The predicted molar refractivity (Wildman–Crippen MR) is 135 cm³/mol. The molecule has 40 heavy (non-hydrogen) atoms. The average molecular weight is 565 g/mol. The van der Waals surface area contributed by atoms with Crippen molar-refractivity contribution in [3.8, 4) is 11.1 Å². The van der Waals surface area contributed by atoms with Gasteiger partial charge >= 0.3 is 5.97 Å². The van der Waals surface area contributed by atoms with E-state index in [0.717, 1.165) is 18.2 Å². The van der Waals surface area contributed by atoms with Crippen LogP contribution in [0.3, 0.4) is 0 Å². The van der Waals surface area contributed by atoms with Crippen molar-refractivity contribution >= 4 is 11.5 Å². The van der Waals surface area contributed by atoms with Gasteiger partial charge in [0.25, 0.3) is 0 Å². The zero-order chi connectivity index (χ0) is 29.1. The predicted octanol–water partition coefficient (Wildman–Crippen LogP) is 7.57. The molecule has 0 aliphatic heterocycles. The molecule has 0 saturated carbocycles. The van der Waals surface area contributed by atoms with Crippen molar-refractivity contribution in [3.63, 3.8) is 0 Å². The summed E-state index contributed by atoms with van der Waals surface area (Å²) in [4.78, 5) is 12.6. The lowest BCUT2D eigenvalue weighted by Gasteiger charge is -2.23. The zero-order valence-corrected chi connectivity index (χ0v) is 21.7. The topological polar surface area (TPSA) is 55.8 Å². The number of aliphatic hydroxyl groups excluding tert-OH is 1. The van der Waals surface area contributed by atoms with Gasteiger partial charge in [0.15, 0.2) is 34.9 Å². The fraction of sp³-hybridized carbons (Fsp3) is 0.300. The summed E-state index contributed by atoms with van der Waals surface area (Å²) in [6.07, 6.45) is 0.445. The minimum atomic E-state index is -1.58. The van der Waals surface area contributed by atoms with Crippen molar-refractivity contribution in [2.45, 2.75) is 51.4 Å². The van der Waals surface area contributed by atoms with E-state index in [4.69, 9.17) is 9.47 Å². The summed E-state index contributed by atoms with van der Waals surface area (Å²) >= 11 is 0. The monoisotopic (exact) mass is 564 g/mol. The highest BCUT2D eigenvalue weighted by Gasteiger charge is 2.27. The highest BCUT2D eigenvalue weighted by Crippen LogP contribution is 2.35. The molecule has 10 heteroatoms. The number of rotatable bonds is 8. The highest BCUT2D eigenvalue weighted by molar-refractivity contribution is 5.90. The van der Waals surface area contributed by atoms with Crippen LogP contribution in [0, 0.1) is 34.9 Å². The van der Waals surface area contributed by atoms with Crippen LogP contribution in [0.4, 0.5) is 26.3 Å². The largest absolute Gasteiger partial charge is 0.458 e. The summed E-state index contributed by atoms with van der Waals surface area (Å²) in [5.41, 5.74) is -1.57. The molecule has 3 aromatic rings. The highest BCUT2D eigenvalue weighted by atomic mass is 19.2. The number of halogens is 6. The zero-order valence-electron chi connectivity index (χ0n) is 21.7. The lowest BCUT2D eigenvalue weighted by molar-refractivity contribution is 0.0279. The summed E-state index contributed by atoms with van der Waals surface area (Å²) in [5.74, 6) is -9.16. The minimum absolute atomic E-state index is 0.0250. The average Bonchev–Trinajstić information content (AvgIpc) is 2.95. The molecule has 0 radical (unpaired) electrons. The number of hydrogen-bond acceptors (Lipinski definition) is 4. The second-order valence-corrected chi connectivity index (χ2v) is 9.41. The summed E-state index contributed by atoms with van der Waals surface area (Å²) in [5, 5.41) is 9.85. The number of ether oxygens (including phenoxy) is 2. The van der Waals surface area contributed by atoms with Gasteiger partial charge in [-0.3, -0.25) is 0 Å². The van der Waals surface area contributed by atoms with Crippen LogP contribution in [0.2, 0.25) is 0 Å². The molecule has 0 fully saturated rings. The third-order valence-corrected chi connectivity index (χ3v) is 6.89. The van der Waals surface area contributed by atoms with E-state index in [9.17, 15) is 36.2 Å². The molecule has 0 amide bonds. The van der Waals surface area contributed by atoms with E-state index < -0.39 is 69.8 Å². The Morgan fingerprint density at radius 1 is 0.875 bits per heavy atom. The Morgan fingerprint density at radius 3 is 2.12 bits per heavy atom. The maximum atomic E-state index is 14.9. The number of carbonyl (C=O) groups is 1. The Morgan fingerprint density at radius 2 is 1.50 bits per heavy atom. The first-order chi connectivity index (χ1) is 19.1. The Kier molecular flexibility index (Phi) is 9.00. The van der Waals surface area contributed by atoms with Crippen LogP contribution in [0.1, 0.15) is 65.8 Å². The van der Waals surface area contributed by atoms with Crippen molar-refractivity contribution < 1.29 is 45.7 Å². The summed E-state index contributed by atoms with van der Waals surface area (Å²) < 4.78 is 97.7. The van der Waals surface area contributed by atoms with Gasteiger partial charge in [0.2, 0.25) is 0 Å². The minimum Gasteiger partial charge on any atom is -0.458 e. The van der Waals surface area contributed by atoms with Crippen LogP contribution in [0.5, 0.6) is 0 Å². The van der Waals surface area contributed by atoms with E-state index in [1.807, 2.05) is 0 Å². The molecule has 1 N–H and O–H groups in total. The molecule has 4 nitrogen and oxygen atoms in total. The first kappa shape index (κ1) is 29.4. The molecule has 212 valence electrons. The summed E-state index contributed by atoms with van der Waals surface area (Å²) in [7, 11) is 1.29. The first-order valence-electron chi connectivity index (χ1n) is 12.6. The van der Waals surface area contributed by atoms with Gasteiger partial charge in [-0.05, 0) is 30.9 Å². The van der Waals surface area contributed by atoms with Gasteiger partial charge in [0.1, 0.15) is 6.10 Å². The van der Waals surface area contributed by atoms with Crippen LogP contribution in [-0.2, 0) is 16.1 Å². The van der Waals surface area contributed by atoms with Crippen LogP contribution in [0.15, 0.2) is 42.5 Å². The van der Waals surface area contributed by atoms with Crippen molar-refractivity contribution in [2.24, 2.45) is 0 Å². The molecule has 0 spiro atoms. The molecule has 4 rings (SSSR count). The molecule has 0 aromatic heterocycles. The Bertz CT molecular complexity index is 1470. The fourth-order valence-corrected chi connectivity index (χ4v) is 4.65. The number of carbonyl (C=O) groups excluding carboxylic acids is 1. The lowest BCUT2D eigenvalue weighted by atomic mass is 9.90. The van der Waals surface area contributed by atoms with Crippen molar-refractivity contribution in [3.05, 3.63) is 99.6 Å². The second-order valence-electron chi connectivity index (χ2n) is 9.41. The summed E-state index contributed by atoms with van der Waals surface area (Å²) in [6.45, 7) is 1.42. The van der Waals surface area contributed by atoms with E-state index in [1.54, 1.807) is 13.0 Å². The first-order valence-corrected chi connectivity index (χ1v) is 12.6. The van der Waals surface area contributed by atoms with Gasteiger partial charge in [-0.25, -0.2) is 31.1 Å². The number of benzene rings is 3. The number of allylic oxidation sites excluding steroid dienone is 1. The van der Waals surface area contributed by atoms with Gasteiger partial charge in [0, 0.05) is 41.3 Å². The van der Waals surface area contributed by atoms with Crippen molar-refractivity contribution in [1.82, 2.24) is 0 Å². The molecule has 1 aliphatic carbocycles. The fourth-order valence-electron chi connectivity index (χ4n) is 4.65. The Labute approximate surface area is 226 Å². The molecular weight excluding hydrogens is 538 g/mol. The number of aliphatic hydroxyl groups is 1. The van der Waals surface area contributed by atoms with E-state index >= 15 is 0 Å². The van der Waals surface area contributed by atoms with E-state index in [-0.39, 0.29) is 49.0 Å². The van der Waals surface area contributed by atoms with E-state index in [0.29, 0.717) is 5.57 Å². The molecule has 3 aromatic carbocycles. The summed E-state index contributed by atoms with van der Waals surface area (Å²) in [6, 6.07) is 6.85. The van der Waals surface area contributed by atoms with Gasteiger partial charge < -0.3 is 14.6 Å². The SMILES string of the molecule is CCC(O)c1ccc(C2=CCC(OC(=O)c3ccc(-c4ccc(COC)c(F)c4F)c(F)c3F)CC2)c(F)c1F. The molecule has 1 aliphatic rings. The number of hydrogen-bond donors (Lipinski definition) is 1. The Balaban J connectivity index is 1.49. The maximum absolute atomic E-state index is 14.9. The second kappa shape index (κ2) is 12.3. The molecule has 2 atom stereocenters. The molecular formula is C30H26F6O4. The molecule has 0 bridgehead atoms. The third kappa shape index (κ3) is 5.64. The van der Waals surface area contributed by atoms with Gasteiger partial charge in [0.05, 0.1) is 18.3 Å². The van der Waals surface area contributed by atoms with E-state index in [2.05, 4.69) is 0 Å². The van der Waals surface area contributed by atoms with Gasteiger partial charge in [-0.1, -0.05) is 43.3 Å². The van der Waals surface area contributed by atoms with Crippen LogP contribution in [-0.4, -0.2) is 24.3 Å². The van der Waals surface area contributed by atoms with Crippen molar-refractivity contribution in [1.29, 1.82) is 0 Å². The number of esters is 1. The smallest absolute Gasteiger partial charge is 0.341 e. The van der Waals surface area contributed by atoms with Crippen molar-refractivity contribution in [2.75, 3.05) is 7.11 Å². The molecule has 0 heterocycles. The maximum Gasteiger partial charge on any atom is 0.341 e. The molecule has 2 unspecified atom stereocenters.